The van der Waals surface area contributed by atoms with Crippen LogP contribution >= 0.6 is 0 Å². The molecule has 0 aromatic carbocycles. The lowest BCUT2D eigenvalue weighted by atomic mass is 9.90. The molecule has 15 heavy (non-hydrogen) atoms. The number of sulfone groups is 1. The number of hydrogen-bond acceptors (Lipinski definition) is 4. The SMILES string of the molecule is NCC1(N2CCCC2)CCS(=O)(=O)CC1. The van der Waals surface area contributed by atoms with Crippen molar-refractivity contribution < 1.29 is 8.42 Å². The Morgan fingerprint density at radius 2 is 1.67 bits per heavy atom. The molecule has 88 valence electrons. The molecular weight excluding hydrogens is 212 g/mol. The van der Waals surface area contributed by atoms with Gasteiger partial charge < -0.3 is 5.73 Å². The number of likely N-dealkylation sites (tertiary alicyclic amines) is 1. The smallest absolute Gasteiger partial charge is 0.150 e. The van der Waals surface area contributed by atoms with Gasteiger partial charge in [0.15, 0.2) is 0 Å². The van der Waals surface area contributed by atoms with E-state index in [0.717, 1.165) is 25.9 Å². The van der Waals surface area contributed by atoms with Crippen molar-refractivity contribution in [1.82, 2.24) is 4.90 Å². The van der Waals surface area contributed by atoms with Crippen molar-refractivity contribution in [2.24, 2.45) is 5.73 Å². The third-order valence-electron chi connectivity index (χ3n) is 3.91. The molecule has 2 saturated heterocycles. The van der Waals surface area contributed by atoms with Gasteiger partial charge in [0.05, 0.1) is 11.5 Å². The highest BCUT2D eigenvalue weighted by Crippen LogP contribution is 2.31. The minimum absolute atomic E-state index is 0.0121. The standard InChI is InChI=1S/C10H20N2O2S/c11-9-10(12-5-1-2-6-12)3-7-15(13,14)8-4-10/h1-9,11H2. The third kappa shape index (κ3) is 2.19. The molecule has 0 amide bonds. The van der Waals surface area contributed by atoms with Gasteiger partial charge >= 0.3 is 0 Å². The Labute approximate surface area is 91.7 Å². The van der Waals surface area contributed by atoms with Crippen LogP contribution in [0.1, 0.15) is 25.7 Å². The Morgan fingerprint density at radius 3 is 2.13 bits per heavy atom. The lowest BCUT2D eigenvalue weighted by Gasteiger charge is -2.43. The van der Waals surface area contributed by atoms with Crippen LogP contribution in [0.3, 0.4) is 0 Å². The number of nitrogens with two attached hydrogens (primary N) is 1. The Bertz CT molecular complexity index is 306. The molecule has 2 fully saturated rings. The molecule has 2 aliphatic rings. The molecule has 0 aliphatic carbocycles. The maximum Gasteiger partial charge on any atom is 0.150 e. The van der Waals surface area contributed by atoms with Gasteiger partial charge in [0, 0.05) is 12.1 Å². The molecule has 0 aromatic heterocycles. The zero-order valence-corrected chi connectivity index (χ0v) is 9.93. The summed E-state index contributed by atoms with van der Waals surface area (Å²) in [6.07, 6.45) is 3.92. The van der Waals surface area contributed by atoms with Crippen molar-refractivity contribution in [3.05, 3.63) is 0 Å². The molecule has 2 aliphatic heterocycles. The number of hydrogen-bond donors (Lipinski definition) is 1. The van der Waals surface area contributed by atoms with E-state index in [1.165, 1.54) is 12.8 Å². The molecule has 4 nitrogen and oxygen atoms in total. The van der Waals surface area contributed by atoms with Gasteiger partial charge in [0.1, 0.15) is 9.84 Å². The fraction of sp³-hybridized carbons (Fsp3) is 1.00. The Balaban J connectivity index is 2.10. The van der Waals surface area contributed by atoms with Gasteiger partial charge in [-0.2, -0.15) is 0 Å². The molecular formula is C10H20N2O2S. The fourth-order valence-corrected chi connectivity index (χ4v) is 4.35. The van der Waals surface area contributed by atoms with Crippen LogP contribution in [0.25, 0.3) is 0 Å². The van der Waals surface area contributed by atoms with Crippen molar-refractivity contribution in [3.63, 3.8) is 0 Å². The quantitative estimate of drug-likeness (QED) is 0.727. The van der Waals surface area contributed by atoms with E-state index in [1.54, 1.807) is 0 Å². The minimum atomic E-state index is -2.78. The average Bonchev–Trinajstić information content (AvgIpc) is 2.72. The summed E-state index contributed by atoms with van der Waals surface area (Å²) >= 11 is 0. The van der Waals surface area contributed by atoms with Crippen LogP contribution in [-0.4, -0.2) is 50.0 Å². The van der Waals surface area contributed by atoms with Gasteiger partial charge in [-0.05, 0) is 38.8 Å². The van der Waals surface area contributed by atoms with Crippen molar-refractivity contribution in [2.75, 3.05) is 31.1 Å². The first kappa shape index (κ1) is 11.4. The molecule has 2 N–H and O–H groups in total. The summed E-state index contributed by atoms with van der Waals surface area (Å²) in [7, 11) is -2.78. The highest BCUT2D eigenvalue weighted by Gasteiger charge is 2.41. The van der Waals surface area contributed by atoms with Crippen LogP contribution in [0.5, 0.6) is 0 Å². The topological polar surface area (TPSA) is 63.4 Å². The molecule has 0 aromatic rings. The van der Waals surface area contributed by atoms with Gasteiger partial charge in [-0.15, -0.1) is 0 Å². The molecule has 0 atom stereocenters. The Hall–Kier alpha value is -0.130. The Morgan fingerprint density at radius 1 is 1.13 bits per heavy atom. The first-order chi connectivity index (χ1) is 7.08. The maximum atomic E-state index is 11.4. The molecule has 0 radical (unpaired) electrons. The number of rotatable bonds is 2. The summed E-state index contributed by atoms with van der Waals surface area (Å²) in [4.78, 5) is 2.42. The van der Waals surface area contributed by atoms with E-state index in [4.69, 9.17) is 5.73 Å². The zero-order valence-electron chi connectivity index (χ0n) is 9.11. The molecule has 5 heteroatoms. The van der Waals surface area contributed by atoms with Crippen molar-refractivity contribution in [1.29, 1.82) is 0 Å². The molecule has 0 bridgehead atoms. The molecule has 2 heterocycles. The summed E-state index contributed by atoms with van der Waals surface area (Å²) in [6.45, 7) is 2.79. The molecule has 2 rings (SSSR count). The van der Waals surface area contributed by atoms with E-state index >= 15 is 0 Å². The van der Waals surface area contributed by atoms with Crippen LogP contribution in [0, 0.1) is 0 Å². The van der Waals surface area contributed by atoms with Gasteiger partial charge in [-0.3, -0.25) is 4.90 Å². The predicted octanol–water partition coefficient (Wildman–Crippen LogP) is -0.0117. The van der Waals surface area contributed by atoms with Gasteiger partial charge in [-0.1, -0.05) is 0 Å². The second-order valence-electron chi connectivity index (χ2n) is 4.77. The van der Waals surface area contributed by atoms with Gasteiger partial charge in [0.2, 0.25) is 0 Å². The van der Waals surface area contributed by atoms with Crippen molar-refractivity contribution in [2.45, 2.75) is 31.2 Å². The normalized spacial score (nSPS) is 30.5. The summed E-state index contributed by atoms with van der Waals surface area (Å²) in [5, 5.41) is 0. The molecule has 0 saturated carbocycles. The molecule has 0 spiro atoms. The van der Waals surface area contributed by atoms with Gasteiger partial charge in [-0.25, -0.2) is 8.42 Å². The summed E-state index contributed by atoms with van der Waals surface area (Å²) < 4.78 is 22.8. The predicted molar refractivity (Wildman–Crippen MR) is 60.5 cm³/mol. The average molecular weight is 232 g/mol. The molecule has 0 unspecified atom stereocenters. The summed E-state index contributed by atoms with van der Waals surface area (Å²) in [6, 6.07) is 0. The van der Waals surface area contributed by atoms with E-state index in [0.29, 0.717) is 18.1 Å². The first-order valence-electron chi connectivity index (χ1n) is 5.74. The second-order valence-corrected chi connectivity index (χ2v) is 7.08. The van der Waals surface area contributed by atoms with Crippen LogP contribution in [-0.2, 0) is 9.84 Å². The maximum absolute atomic E-state index is 11.4. The van der Waals surface area contributed by atoms with E-state index in [2.05, 4.69) is 4.90 Å². The van der Waals surface area contributed by atoms with Crippen LogP contribution in [0.4, 0.5) is 0 Å². The van der Waals surface area contributed by atoms with Crippen molar-refractivity contribution in [3.8, 4) is 0 Å². The largest absolute Gasteiger partial charge is 0.329 e. The van der Waals surface area contributed by atoms with Crippen LogP contribution in [0.15, 0.2) is 0 Å². The summed E-state index contributed by atoms with van der Waals surface area (Å²) in [5.41, 5.74) is 5.86. The van der Waals surface area contributed by atoms with E-state index in [1.807, 2.05) is 0 Å². The highest BCUT2D eigenvalue weighted by atomic mass is 32.2. The number of nitrogens with zero attached hydrogens (tertiary/aromatic N) is 1. The van der Waals surface area contributed by atoms with E-state index in [9.17, 15) is 8.42 Å². The highest BCUT2D eigenvalue weighted by molar-refractivity contribution is 7.91. The van der Waals surface area contributed by atoms with E-state index < -0.39 is 9.84 Å². The third-order valence-corrected chi connectivity index (χ3v) is 5.57. The first-order valence-corrected chi connectivity index (χ1v) is 7.56. The lowest BCUT2D eigenvalue weighted by molar-refractivity contribution is 0.111. The van der Waals surface area contributed by atoms with Crippen molar-refractivity contribution >= 4 is 9.84 Å². The Kier molecular flexibility index (Phi) is 3.05. The van der Waals surface area contributed by atoms with Crippen LogP contribution < -0.4 is 5.73 Å². The minimum Gasteiger partial charge on any atom is -0.329 e. The summed E-state index contributed by atoms with van der Waals surface area (Å²) in [5.74, 6) is 0.640. The monoisotopic (exact) mass is 232 g/mol. The second kappa shape index (κ2) is 4.03. The lowest BCUT2D eigenvalue weighted by Crippen LogP contribution is -2.56. The zero-order chi connectivity index (χ0) is 10.9. The van der Waals surface area contributed by atoms with Gasteiger partial charge in [0.25, 0.3) is 0 Å². The van der Waals surface area contributed by atoms with E-state index in [-0.39, 0.29) is 5.54 Å². The fourth-order valence-electron chi connectivity index (χ4n) is 2.76. The van der Waals surface area contributed by atoms with Crippen LogP contribution in [0.2, 0.25) is 0 Å².